The first-order valence-electron chi connectivity index (χ1n) is 15.3. The topological polar surface area (TPSA) is 185 Å². The Morgan fingerprint density at radius 2 is 1.30 bits per heavy atom. The number of halogens is 6. The van der Waals surface area contributed by atoms with Gasteiger partial charge in [-0.3, -0.25) is 4.79 Å². The van der Waals surface area contributed by atoms with E-state index in [-0.39, 0.29) is 24.3 Å². The Labute approximate surface area is 298 Å². The quantitative estimate of drug-likeness (QED) is 0.221. The molecule has 53 heavy (non-hydrogen) atoms. The van der Waals surface area contributed by atoms with Crippen molar-refractivity contribution in [2.45, 2.75) is 50.7 Å². The average Bonchev–Trinajstić information content (AvgIpc) is 3.46. The number of nitrogens with zero attached hydrogens (tertiary/aromatic N) is 4. The second-order valence-electron chi connectivity index (χ2n) is 11.7. The van der Waals surface area contributed by atoms with Crippen LogP contribution in [0.25, 0.3) is 0 Å². The molecule has 4 aromatic rings. The van der Waals surface area contributed by atoms with Crippen molar-refractivity contribution in [3.63, 3.8) is 0 Å². The van der Waals surface area contributed by atoms with Crippen LogP contribution in [-0.2, 0) is 38.7 Å². The molecule has 0 saturated carbocycles. The minimum atomic E-state index is -5.08. The van der Waals surface area contributed by atoms with Gasteiger partial charge in [0, 0.05) is 38.4 Å². The van der Waals surface area contributed by atoms with Crippen LogP contribution >= 0.6 is 0 Å². The predicted molar refractivity (Wildman–Crippen MR) is 178 cm³/mol. The minimum absolute atomic E-state index is 0. The van der Waals surface area contributed by atoms with E-state index in [0.717, 1.165) is 33.8 Å². The summed E-state index contributed by atoms with van der Waals surface area (Å²) in [6.07, 6.45) is -8.19. The van der Waals surface area contributed by atoms with Gasteiger partial charge in [-0.2, -0.15) is 26.3 Å². The fourth-order valence-corrected chi connectivity index (χ4v) is 5.42. The standard InChI is InChI=1S/C31H32N4O3.2C2HF3O2.H2O/c1-21-16-22(14-15-26(21)33(2)3)18-34-20-32-25-19-35(28(31(37)38)17-27(25)34)30(36)29(23-10-6-4-7-11-23)24-12-8-5-9-13-24;2*3-2(4,5)1(6)7;/h4-16,20,28-29H,17-19H2,1-3H3,(H,37,38);2*(H,6,7);1H2/t28-;;;/m0.../s1. The van der Waals surface area contributed by atoms with E-state index in [1.165, 1.54) is 10.5 Å². The SMILES string of the molecule is Cc1cc(Cn2cnc3c2C[C@@H](C(=O)O)N(C(=O)C(c2ccccc2)c2ccccc2)C3)ccc1N(C)C.O.O=C(O)C(F)(F)F.O=C(O)C(F)(F)F. The number of alkyl halides is 6. The molecule has 0 aliphatic carbocycles. The molecule has 0 saturated heterocycles. The first-order valence-corrected chi connectivity index (χ1v) is 15.3. The van der Waals surface area contributed by atoms with Gasteiger partial charge in [0.25, 0.3) is 0 Å². The molecule has 0 unspecified atom stereocenters. The Morgan fingerprint density at radius 1 is 0.830 bits per heavy atom. The van der Waals surface area contributed by atoms with Crippen molar-refractivity contribution >= 4 is 29.5 Å². The van der Waals surface area contributed by atoms with E-state index >= 15 is 0 Å². The minimum Gasteiger partial charge on any atom is -0.480 e. The maximum absolute atomic E-state index is 14.1. The summed E-state index contributed by atoms with van der Waals surface area (Å²) in [5.74, 6) is -7.35. The molecule has 5 rings (SSSR count). The zero-order valence-corrected chi connectivity index (χ0v) is 28.4. The van der Waals surface area contributed by atoms with Crippen molar-refractivity contribution in [3.8, 4) is 0 Å². The fourth-order valence-electron chi connectivity index (χ4n) is 5.42. The third-order valence-corrected chi connectivity index (χ3v) is 7.78. The van der Waals surface area contributed by atoms with Gasteiger partial charge in [-0.05, 0) is 35.2 Å². The largest absolute Gasteiger partial charge is 0.490 e. The smallest absolute Gasteiger partial charge is 0.480 e. The Morgan fingerprint density at radius 3 is 1.70 bits per heavy atom. The number of hydrogen-bond acceptors (Lipinski definition) is 6. The van der Waals surface area contributed by atoms with E-state index in [1.807, 2.05) is 79.3 Å². The van der Waals surface area contributed by atoms with Gasteiger partial charge < -0.3 is 35.2 Å². The van der Waals surface area contributed by atoms with Crippen molar-refractivity contribution in [3.05, 3.63) is 119 Å². The van der Waals surface area contributed by atoms with E-state index in [4.69, 9.17) is 19.8 Å². The molecule has 1 amide bonds. The lowest BCUT2D eigenvalue weighted by Crippen LogP contribution is -2.50. The highest BCUT2D eigenvalue weighted by molar-refractivity contribution is 5.91. The lowest BCUT2D eigenvalue weighted by molar-refractivity contribution is -0.193. The molecule has 1 aromatic heterocycles. The highest BCUT2D eigenvalue weighted by Crippen LogP contribution is 2.32. The Bertz CT molecular complexity index is 1800. The molecular formula is C35H36F6N4O8. The Kier molecular flexibility index (Phi) is 14.7. The average molecular weight is 755 g/mol. The van der Waals surface area contributed by atoms with E-state index < -0.39 is 42.2 Å². The molecular weight excluding hydrogens is 718 g/mol. The number of hydrogen-bond donors (Lipinski definition) is 3. The number of carboxylic acids is 3. The predicted octanol–water partition coefficient (Wildman–Crippen LogP) is 4.92. The van der Waals surface area contributed by atoms with Gasteiger partial charge in [-0.25, -0.2) is 19.4 Å². The molecule has 0 spiro atoms. The number of aryl methyl sites for hydroxylation is 1. The van der Waals surface area contributed by atoms with Gasteiger partial charge in [0.2, 0.25) is 5.91 Å². The molecule has 2 heterocycles. The van der Waals surface area contributed by atoms with Crippen molar-refractivity contribution < 1.29 is 66.3 Å². The maximum Gasteiger partial charge on any atom is 0.490 e. The van der Waals surface area contributed by atoms with Crippen LogP contribution in [-0.4, -0.2) is 91.6 Å². The summed E-state index contributed by atoms with van der Waals surface area (Å²) in [5.41, 5.74) is 6.74. The third-order valence-electron chi connectivity index (χ3n) is 7.78. The van der Waals surface area contributed by atoms with Crippen LogP contribution < -0.4 is 4.90 Å². The summed E-state index contributed by atoms with van der Waals surface area (Å²) in [4.78, 5) is 52.5. The van der Waals surface area contributed by atoms with Gasteiger partial charge in [0.15, 0.2) is 0 Å². The molecule has 5 N–H and O–H groups in total. The van der Waals surface area contributed by atoms with Crippen LogP contribution in [0, 0.1) is 6.92 Å². The number of rotatable bonds is 7. The molecule has 12 nitrogen and oxygen atoms in total. The zero-order chi connectivity index (χ0) is 39.0. The number of imidazole rings is 1. The lowest BCUT2D eigenvalue weighted by Gasteiger charge is -2.35. The van der Waals surface area contributed by atoms with Gasteiger partial charge in [0.1, 0.15) is 6.04 Å². The zero-order valence-electron chi connectivity index (χ0n) is 28.4. The summed E-state index contributed by atoms with van der Waals surface area (Å²) in [5, 5.41) is 24.5. The highest BCUT2D eigenvalue weighted by atomic mass is 19.4. The lowest BCUT2D eigenvalue weighted by atomic mass is 9.88. The third kappa shape index (κ3) is 11.5. The van der Waals surface area contributed by atoms with Crippen LogP contribution in [0.2, 0.25) is 0 Å². The van der Waals surface area contributed by atoms with Crippen LogP contribution in [0.1, 0.15) is 39.6 Å². The van der Waals surface area contributed by atoms with Crippen molar-refractivity contribution in [2.75, 3.05) is 19.0 Å². The van der Waals surface area contributed by atoms with Crippen molar-refractivity contribution in [2.24, 2.45) is 0 Å². The van der Waals surface area contributed by atoms with Crippen LogP contribution in [0.4, 0.5) is 32.0 Å². The van der Waals surface area contributed by atoms with Gasteiger partial charge >= 0.3 is 30.3 Å². The number of benzene rings is 3. The van der Waals surface area contributed by atoms with Gasteiger partial charge in [-0.1, -0.05) is 72.8 Å². The number of amides is 1. The van der Waals surface area contributed by atoms with Crippen LogP contribution in [0.15, 0.2) is 85.2 Å². The van der Waals surface area contributed by atoms with Crippen LogP contribution in [0.3, 0.4) is 0 Å². The number of aromatic nitrogens is 2. The second-order valence-corrected chi connectivity index (χ2v) is 11.7. The second kappa shape index (κ2) is 18.0. The molecule has 1 atom stereocenters. The van der Waals surface area contributed by atoms with E-state index in [9.17, 15) is 41.0 Å². The number of carbonyl (C=O) groups is 4. The number of carbonyl (C=O) groups excluding carboxylic acids is 1. The molecule has 0 fully saturated rings. The van der Waals surface area contributed by atoms with Crippen LogP contribution in [0.5, 0.6) is 0 Å². The molecule has 0 bridgehead atoms. The maximum atomic E-state index is 14.1. The summed E-state index contributed by atoms with van der Waals surface area (Å²) < 4.78 is 65.5. The molecule has 1 aliphatic rings. The molecule has 18 heteroatoms. The molecule has 1 aliphatic heterocycles. The number of fused-ring (bicyclic) bond motifs is 1. The number of aliphatic carboxylic acids is 3. The summed E-state index contributed by atoms with van der Waals surface area (Å²) in [7, 11) is 4.04. The number of carboxylic acid groups (broad SMARTS) is 3. The first kappa shape index (κ1) is 43.3. The van der Waals surface area contributed by atoms with Crippen molar-refractivity contribution in [1.29, 1.82) is 0 Å². The molecule has 0 radical (unpaired) electrons. The summed E-state index contributed by atoms with van der Waals surface area (Å²) >= 11 is 0. The monoisotopic (exact) mass is 754 g/mol. The first-order chi connectivity index (χ1) is 24.2. The normalized spacial score (nSPS) is 13.6. The molecule has 3 aromatic carbocycles. The molecule has 286 valence electrons. The Balaban J connectivity index is 0.000000551. The van der Waals surface area contributed by atoms with Gasteiger partial charge in [0.05, 0.1) is 24.5 Å². The van der Waals surface area contributed by atoms with Crippen molar-refractivity contribution in [1.82, 2.24) is 14.5 Å². The van der Waals surface area contributed by atoms with Gasteiger partial charge in [-0.15, -0.1) is 0 Å². The summed E-state index contributed by atoms with van der Waals surface area (Å²) in [6.45, 7) is 2.84. The van der Waals surface area contributed by atoms with E-state index in [2.05, 4.69) is 35.0 Å². The van der Waals surface area contributed by atoms with E-state index in [0.29, 0.717) is 6.54 Å². The van der Waals surface area contributed by atoms with E-state index in [1.54, 1.807) is 6.33 Å². The highest BCUT2D eigenvalue weighted by Gasteiger charge is 2.41. The fraction of sp³-hybridized carbons (Fsp3) is 0.286. The Hall–Kier alpha value is -5.91. The number of anilines is 1. The summed E-state index contributed by atoms with van der Waals surface area (Å²) in [6, 6.07) is 24.4.